The minimum Gasteiger partial charge on any atom is -0.444 e. The van der Waals surface area contributed by atoms with Crippen LogP contribution in [0.5, 0.6) is 0 Å². The van der Waals surface area contributed by atoms with Gasteiger partial charge in [-0.05, 0) is 78.1 Å². The topological polar surface area (TPSA) is 96.7 Å². The van der Waals surface area contributed by atoms with E-state index < -0.39 is 17.3 Å². The molecular formula is C22H30N4O4. The summed E-state index contributed by atoms with van der Waals surface area (Å²) in [6.45, 7) is 7.14. The predicted molar refractivity (Wildman–Crippen MR) is 116 cm³/mol. The molecule has 0 radical (unpaired) electrons. The Balaban J connectivity index is 1.55. The molecule has 1 aromatic heterocycles. The molecule has 30 heavy (non-hydrogen) atoms. The standard InChI is InChI=1S/C22H30N4O4/c1-12-16(25-21(28)30-22(2,3)4)8-9-17-18(12)19(27)29-20(24-17)23-13-10-14-6-7-15(11-13)26(14)5/h8-9,13-15H,6-7,10-11H2,1-5H3,(H,23,24)(H,25,28). The van der Waals surface area contributed by atoms with Crippen molar-refractivity contribution in [3.05, 3.63) is 28.1 Å². The third kappa shape index (κ3) is 4.14. The van der Waals surface area contributed by atoms with E-state index in [1.165, 1.54) is 12.8 Å². The Bertz CT molecular complexity index is 1010. The molecule has 3 heterocycles. The van der Waals surface area contributed by atoms with Gasteiger partial charge in [0.1, 0.15) is 5.60 Å². The number of nitrogens with zero attached hydrogens (tertiary/aromatic N) is 2. The third-order valence-electron chi connectivity index (χ3n) is 6.12. The number of carbonyl (C=O) groups is 1. The van der Waals surface area contributed by atoms with Gasteiger partial charge in [0.25, 0.3) is 6.01 Å². The van der Waals surface area contributed by atoms with E-state index >= 15 is 0 Å². The number of nitrogens with one attached hydrogen (secondary N) is 2. The van der Waals surface area contributed by atoms with Crippen molar-refractivity contribution in [2.45, 2.75) is 77.1 Å². The van der Waals surface area contributed by atoms with E-state index in [0.29, 0.717) is 34.2 Å². The Morgan fingerprint density at radius 1 is 1.23 bits per heavy atom. The zero-order valence-corrected chi connectivity index (χ0v) is 18.2. The van der Waals surface area contributed by atoms with Crippen molar-refractivity contribution in [3.63, 3.8) is 0 Å². The molecule has 0 saturated carbocycles. The number of piperidine rings is 1. The van der Waals surface area contributed by atoms with Gasteiger partial charge >= 0.3 is 11.7 Å². The van der Waals surface area contributed by atoms with Crippen molar-refractivity contribution >= 4 is 28.7 Å². The number of aryl methyl sites for hydroxylation is 1. The number of carbonyl (C=O) groups excluding carboxylic acids is 1. The van der Waals surface area contributed by atoms with Crippen LogP contribution >= 0.6 is 0 Å². The quantitative estimate of drug-likeness (QED) is 0.787. The first-order chi connectivity index (χ1) is 14.1. The van der Waals surface area contributed by atoms with Crippen molar-refractivity contribution < 1.29 is 13.9 Å². The Morgan fingerprint density at radius 2 is 1.90 bits per heavy atom. The molecule has 0 spiro atoms. The zero-order chi connectivity index (χ0) is 21.6. The molecule has 2 aliphatic heterocycles. The maximum atomic E-state index is 12.7. The number of anilines is 2. The average molecular weight is 415 g/mol. The first-order valence-electron chi connectivity index (χ1n) is 10.5. The Morgan fingerprint density at radius 3 is 2.53 bits per heavy atom. The van der Waals surface area contributed by atoms with Gasteiger partial charge in [-0.2, -0.15) is 4.98 Å². The summed E-state index contributed by atoms with van der Waals surface area (Å²) in [6.07, 6.45) is 3.92. The van der Waals surface area contributed by atoms with Gasteiger partial charge in [0.15, 0.2) is 0 Å². The van der Waals surface area contributed by atoms with Crippen LogP contribution in [0.2, 0.25) is 0 Å². The summed E-state index contributed by atoms with van der Waals surface area (Å²) in [5.74, 6) is 0. The molecule has 2 aliphatic rings. The molecule has 2 N–H and O–H groups in total. The van der Waals surface area contributed by atoms with Crippen LogP contribution in [-0.4, -0.2) is 46.8 Å². The number of ether oxygens (including phenoxy) is 1. The molecule has 2 aromatic rings. The van der Waals surface area contributed by atoms with Gasteiger partial charge in [0.2, 0.25) is 0 Å². The maximum absolute atomic E-state index is 12.7. The SMILES string of the molecule is Cc1c(NC(=O)OC(C)(C)C)ccc2nc(NC3CC4CCC(C3)N4C)oc(=O)c12. The summed E-state index contributed by atoms with van der Waals surface area (Å²) in [7, 11) is 2.19. The Labute approximate surface area is 176 Å². The number of hydrogen-bond donors (Lipinski definition) is 2. The Kier molecular flexibility index (Phi) is 5.22. The number of hydrogen-bond acceptors (Lipinski definition) is 7. The lowest BCUT2D eigenvalue weighted by atomic mass is 9.98. The molecule has 0 aliphatic carbocycles. The normalized spacial score (nSPS) is 24.1. The van der Waals surface area contributed by atoms with Crippen molar-refractivity contribution in [3.8, 4) is 0 Å². The predicted octanol–water partition coefficient (Wildman–Crippen LogP) is 3.88. The minimum absolute atomic E-state index is 0.251. The van der Waals surface area contributed by atoms with Crippen LogP contribution in [0.3, 0.4) is 0 Å². The molecule has 1 aromatic carbocycles. The summed E-state index contributed by atoms with van der Waals surface area (Å²) in [5, 5.41) is 6.39. The fourth-order valence-corrected chi connectivity index (χ4v) is 4.63. The smallest absolute Gasteiger partial charge is 0.412 e. The van der Waals surface area contributed by atoms with Gasteiger partial charge in [-0.25, -0.2) is 9.59 Å². The summed E-state index contributed by atoms with van der Waals surface area (Å²) < 4.78 is 10.8. The van der Waals surface area contributed by atoms with Crippen LogP contribution in [0.25, 0.3) is 10.9 Å². The molecular weight excluding hydrogens is 384 g/mol. The van der Waals surface area contributed by atoms with Gasteiger partial charge in [-0.15, -0.1) is 0 Å². The fourth-order valence-electron chi connectivity index (χ4n) is 4.63. The van der Waals surface area contributed by atoms with Gasteiger partial charge in [0.05, 0.1) is 10.9 Å². The summed E-state index contributed by atoms with van der Waals surface area (Å²) in [5.41, 5.74) is 0.561. The molecule has 2 unspecified atom stereocenters. The number of benzene rings is 1. The van der Waals surface area contributed by atoms with Crippen molar-refractivity contribution in [1.29, 1.82) is 0 Å². The van der Waals surface area contributed by atoms with Crippen LogP contribution < -0.4 is 16.3 Å². The monoisotopic (exact) mass is 414 g/mol. The van der Waals surface area contributed by atoms with Gasteiger partial charge < -0.3 is 19.4 Å². The first-order valence-corrected chi connectivity index (χ1v) is 10.5. The van der Waals surface area contributed by atoms with Crippen LogP contribution in [0.15, 0.2) is 21.3 Å². The van der Waals surface area contributed by atoms with Crippen molar-refractivity contribution in [2.24, 2.45) is 0 Å². The van der Waals surface area contributed by atoms with Crippen molar-refractivity contribution in [2.75, 3.05) is 17.7 Å². The van der Waals surface area contributed by atoms with Crippen molar-refractivity contribution in [1.82, 2.24) is 9.88 Å². The highest BCUT2D eigenvalue weighted by Gasteiger charge is 2.38. The van der Waals surface area contributed by atoms with Crippen LogP contribution in [-0.2, 0) is 4.74 Å². The highest BCUT2D eigenvalue weighted by molar-refractivity contribution is 5.93. The largest absolute Gasteiger partial charge is 0.444 e. The second-order valence-electron chi connectivity index (χ2n) is 9.43. The fraction of sp³-hybridized carbons (Fsp3) is 0.591. The summed E-state index contributed by atoms with van der Waals surface area (Å²) in [6, 6.07) is 5.12. The highest BCUT2D eigenvalue weighted by atomic mass is 16.6. The Hall–Kier alpha value is -2.61. The summed E-state index contributed by atoms with van der Waals surface area (Å²) in [4.78, 5) is 31.8. The lowest BCUT2D eigenvalue weighted by Crippen LogP contribution is -2.44. The summed E-state index contributed by atoms with van der Waals surface area (Å²) >= 11 is 0. The maximum Gasteiger partial charge on any atom is 0.412 e. The van der Waals surface area contributed by atoms with E-state index in [0.717, 1.165) is 12.8 Å². The van der Waals surface area contributed by atoms with Gasteiger partial charge in [-0.3, -0.25) is 5.32 Å². The number of aromatic nitrogens is 1. The van der Waals surface area contributed by atoms with Gasteiger partial charge in [0, 0.05) is 23.8 Å². The molecule has 4 rings (SSSR count). The molecule has 162 valence electrons. The van der Waals surface area contributed by atoms with E-state index in [4.69, 9.17) is 9.15 Å². The van der Waals surface area contributed by atoms with E-state index in [1.54, 1.807) is 39.8 Å². The third-order valence-corrected chi connectivity index (χ3v) is 6.12. The zero-order valence-electron chi connectivity index (χ0n) is 18.2. The number of amides is 1. The average Bonchev–Trinajstić information content (AvgIpc) is 2.84. The minimum atomic E-state index is -0.608. The van der Waals surface area contributed by atoms with Crippen LogP contribution in [0.1, 0.15) is 52.0 Å². The lowest BCUT2D eigenvalue weighted by Gasteiger charge is -2.36. The lowest BCUT2D eigenvalue weighted by molar-refractivity contribution is 0.0636. The van der Waals surface area contributed by atoms with E-state index in [2.05, 4.69) is 27.6 Å². The number of rotatable bonds is 3. The molecule has 2 fully saturated rings. The van der Waals surface area contributed by atoms with E-state index in [1.807, 2.05) is 0 Å². The molecule has 8 heteroatoms. The second-order valence-corrected chi connectivity index (χ2v) is 9.43. The highest BCUT2D eigenvalue weighted by Crippen LogP contribution is 2.35. The van der Waals surface area contributed by atoms with Crippen LogP contribution in [0, 0.1) is 6.92 Å². The second kappa shape index (κ2) is 7.58. The first kappa shape index (κ1) is 20.7. The molecule has 2 atom stereocenters. The van der Waals surface area contributed by atoms with Gasteiger partial charge in [-0.1, -0.05) is 0 Å². The van der Waals surface area contributed by atoms with Crippen LogP contribution in [0.4, 0.5) is 16.5 Å². The van der Waals surface area contributed by atoms with E-state index in [-0.39, 0.29) is 12.1 Å². The molecule has 2 bridgehead atoms. The number of fused-ring (bicyclic) bond motifs is 3. The van der Waals surface area contributed by atoms with E-state index in [9.17, 15) is 9.59 Å². The molecule has 8 nitrogen and oxygen atoms in total. The molecule has 1 amide bonds. The molecule has 2 saturated heterocycles.